The van der Waals surface area contributed by atoms with Gasteiger partial charge in [-0.25, -0.2) is 13.6 Å². The summed E-state index contributed by atoms with van der Waals surface area (Å²) in [5.74, 6) is -3.25. The lowest BCUT2D eigenvalue weighted by molar-refractivity contribution is 0.0697. The second-order valence-corrected chi connectivity index (χ2v) is 6.00. The van der Waals surface area contributed by atoms with Crippen molar-refractivity contribution in [3.8, 4) is 0 Å². The van der Waals surface area contributed by atoms with Gasteiger partial charge in [-0.15, -0.1) is 0 Å². The summed E-state index contributed by atoms with van der Waals surface area (Å²) < 4.78 is 39.2. The standard InChI is InChI=1S/C14H9ClF2O3S/c15-11-5-4-8(6-9(11)14(18)19)21(20)7-10-12(16)2-1-3-13(10)17/h1-6H,7H2,(H,18,19). The second kappa shape index (κ2) is 6.32. The Morgan fingerprint density at radius 2 is 1.81 bits per heavy atom. The molecule has 0 aliphatic carbocycles. The smallest absolute Gasteiger partial charge is 0.337 e. The molecule has 0 heterocycles. The van der Waals surface area contributed by atoms with E-state index in [9.17, 15) is 17.8 Å². The molecule has 3 nitrogen and oxygen atoms in total. The van der Waals surface area contributed by atoms with Crippen LogP contribution in [0.1, 0.15) is 15.9 Å². The lowest BCUT2D eigenvalue weighted by Crippen LogP contribution is -2.04. The van der Waals surface area contributed by atoms with Crippen molar-refractivity contribution in [1.29, 1.82) is 0 Å². The highest BCUT2D eigenvalue weighted by Gasteiger charge is 2.16. The van der Waals surface area contributed by atoms with Crippen molar-refractivity contribution in [1.82, 2.24) is 0 Å². The highest BCUT2D eigenvalue weighted by atomic mass is 35.5. The average molecular weight is 331 g/mol. The zero-order valence-corrected chi connectivity index (χ0v) is 12.0. The number of aromatic carboxylic acids is 1. The van der Waals surface area contributed by atoms with E-state index in [1.54, 1.807) is 0 Å². The highest BCUT2D eigenvalue weighted by Crippen LogP contribution is 2.22. The van der Waals surface area contributed by atoms with Gasteiger partial charge in [-0.2, -0.15) is 0 Å². The molecular weight excluding hydrogens is 322 g/mol. The van der Waals surface area contributed by atoms with Crippen molar-refractivity contribution in [3.05, 3.63) is 64.2 Å². The monoisotopic (exact) mass is 330 g/mol. The van der Waals surface area contributed by atoms with E-state index in [-0.39, 0.29) is 26.8 Å². The van der Waals surface area contributed by atoms with E-state index < -0.39 is 28.4 Å². The third-order valence-electron chi connectivity index (χ3n) is 2.77. The molecule has 2 aromatic carbocycles. The molecule has 0 aliphatic heterocycles. The van der Waals surface area contributed by atoms with E-state index in [0.29, 0.717) is 0 Å². The van der Waals surface area contributed by atoms with E-state index in [1.807, 2.05) is 0 Å². The minimum Gasteiger partial charge on any atom is -0.478 e. The number of benzene rings is 2. The van der Waals surface area contributed by atoms with Gasteiger partial charge in [0.25, 0.3) is 0 Å². The Balaban J connectivity index is 2.33. The molecule has 2 aromatic rings. The van der Waals surface area contributed by atoms with Gasteiger partial charge in [0, 0.05) is 10.5 Å². The second-order valence-electron chi connectivity index (χ2n) is 4.14. The van der Waals surface area contributed by atoms with Gasteiger partial charge in [-0.1, -0.05) is 17.7 Å². The van der Waals surface area contributed by atoms with E-state index in [4.69, 9.17) is 16.7 Å². The third-order valence-corrected chi connectivity index (χ3v) is 4.43. The van der Waals surface area contributed by atoms with Crippen molar-refractivity contribution < 1.29 is 22.9 Å². The maximum atomic E-state index is 13.5. The van der Waals surface area contributed by atoms with Gasteiger partial charge in [0.2, 0.25) is 0 Å². The van der Waals surface area contributed by atoms with Gasteiger partial charge in [-0.05, 0) is 30.3 Å². The van der Waals surface area contributed by atoms with Crippen LogP contribution >= 0.6 is 11.6 Å². The van der Waals surface area contributed by atoms with Gasteiger partial charge in [0.15, 0.2) is 0 Å². The molecule has 0 radical (unpaired) electrons. The van der Waals surface area contributed by atoms with Crippen LogP contribution in [-0.4, -0.2) is 15.3 Å². The fraction of sp³-hybridized carbons (Fsp3) is 0.0714. The Morgan fingerprint density at radius 1 is 1.19 bits per heavy atom. The fourth-order valence-corrected chi connectivity index (χ4v) is 3.07. The Hall–Kier alpha value is -1.79. The van der Waals surface area contributed by atoms with Crippen molar-refractivity contribution in [3.63, 3.8) is 0 Å². The molecule has 0 amide bonds. The first-order valence-corrected chi connectivity index (χ1v) is 7.44. The molecule has 0 saturated heterocycles. The van der Waals surface area contributed by atoms with Gasteiger partial charge >= 0.3 is 5.97 Å². The number of carboxylic acid groups (broad SMARTS) is 1. The Labute approximate surface area is 126 Å². The Kier molecular flexibility index (Phi) is 4.69. The van der Waals surface area contributed by atoms with E-state index in [2.05, 4.69) is 0 Å². The van der Waals surface area contributed by atoms with Gasteiger partial charge in [0.05, 0.1) is 27.1 Å². The molecule has 0 saturated carbocycles. The van der Waals surface area contributed by atoms with Crippen LogP contribution in [0.25, 0.3) is 0 Å². The maximum Gasteiger partial charge on any atom is 0.337 e. The molecule has 0 aliphatic rings. The summed E-state index contributed by atoms with van der Waals surface area (Å²) in [6.07, 6.45) is 0. The topological polar surface area (TPSA) is 54.4 Å². The molecule has 0 spiro atoms. The maximum absolute atomic E-state index is 13.5. The normalized spacial score (nSPS) is 12.1. The van der Waals surface area contributed by atoms with Crippen molar-refractivity contribution in [2.24, 2.45) is 0 Å². The SMILES string of the molecule is O=C(O)c1cc(S(=O)Cc2c(F)cccc2F)ccc1Cl. The minimum absolute atomic E-state index is 0.000298. The number of carbonyl (C=O) groups is 1. The third kappa shape index (κ3) is 3.46. The average Bonchev–Trinajstić information content (AvgIpc) is 2.43. The van der Waals surface area contributed by atoms with Crippen molar-refractivity contribution in [2.45, 2.75) is 10.6 Å². The predicted octanol–water partition coefficient (Wildman–Crippen LogP) is 3.62. The first kappa shape index (κ1) is 15.6. The lowest BCUT2D eigenvalue weighted by atomic mass is 10.2. The van der Waals surface area contributed by atoms with Crippen LogP contribution in [-0.2, 0) is 16.6 Å². The van der Waals surface area contributed by atoms with Crippen LogP contribution in [0.15, 0.2) is 41.3 Å². The van der Waals surface area contributed by atoms with E-state index in [0.717, 1.165) is 18.2 Å². The molecule has 7 heteroatoms. The summed E-state index contributed by atoms with van der Waals surface area (Å²) in [7, 11) is -1.79. The summed E-state index contributed by atoms with van der Waals surface area (Å²) in [6.45, 7) is 0. The number of carboxylic acids is 1. The Morgan fingerprint density at radius 3 is 2.38 bits per heavy atom. The molecule has 21 heavy (non-hydrogen) atoms. The molecule has 2 rings (SSSR count). The summed E-state index contributed by atoms with van der Waals surface area (Å²) in [5.41, 5.74) is -0.515. The predicted molar refractivity (Wildman–Crippen MR) is 74.9 cm³/mol. The molecular formula is C14H9ClF2O3S. The van der Waals surface area contributed by atoms with Crippen LogP contribution in [0.4, 0.5) is 8.78 Å². The summed E-state index contributed by atoms with van der Waals surface area (Å²) >= 11 is 5.71. The first-order chi connectivity index (χ1) is 9.90. The van der Waals surface area contributed by atoms with Crippen molar-refractivity contribution in [2.75, 3.05) is 0 Å². The van der Waals surface area contributed by atoms with Crippen LogP contribution in [0.2, 0.25) is 5.02 Å². The number of rotatable bonds is 4. The number of hydrogen-bond acceptors (Lipinski definition) is 2. The van der Waals surface area contributed by atoms with Gasteiger partial charge < -0.3 is 5.11 Å². The molecule has 1 atom stereocenters. The zero-order chi connectivity index (χ0) is 15.6. The summed E-state index contributed by atoms with van der Waals surface area (Å²) in [5, 5.41) is 8.95. The zero-order valence-electron chi connectivity index (χ0n) is 10.5. The molecule has 0 aromatic heterocycles. The van der Waals surface area contributed by atoms with Crippen LogP contribution in [0.3, 0.4) is 0 Å². The minimum atomic E-state index is -1.79. The molecule has 0 fully saturated rings. The molecule has 1 unspecified atom stereocenters. The fourth-order valence-electron chi connectivity index (χ4n) is 1.69. The Bertz CT molecular complexity index is 714. The van der Waals surface area contributed by atoms with Gasteiger partial charge in [0.1, 0.15) is 11.6 Å². The largest absolute Gasteiger partial charge is 0.478 e. The highest BCUT2D eigenvalue weighted by molar-refractivity contribution is 7.84. The molecule has 0 bridgehead atoms. The number of halogens is 3. The van der Waals surface area contributed by atoms with Gasteiger partial charge in [-0.3, -0.25) is 4.21 Å². The number of hydrogen-bond donors (Lipinski definition) is 1. The van der Waals surface area contributed by atoms with Crippen LogP contribution in [0.5, 0.6) is 0 Å². The van der Waals surface area contributed by atoms with E-state index in [1.165, 1.54) is 18.2 Å². The van der Waals surface area contributed by atoms with Crippen molar-refractivity contribution >= 4 is 28.4 Å². The molecule has 110 valence electrons. The molecule has 1 N–H and O–H groups in total. The van der Waals surface area contributed by atoms with Crippen LogP contribution < -0.4 is 0 Å². The summed E-state index contributed by atoms with van der Waals surface area (Å²) in [4.78, 5) is 11.1. The first-order valence-electron chi connectivity index (χ1n) is 5.74. The quantitative estimate of drug-likeness (QED) is 0.931. The summed E-state index contributed by atoms with van der Waals surface area (Å²) in [6, 6.07) is 7.14. The van der Waals surface area contributed by atoms with Crippen LogP contribution in [0, 0.1) is 11.6 Å². The lowest BCUT2D eigenvalue weighted by Gasteiger charge is -2.07. The van der Waals surface area contributed by atoms with E-state index >= 15 is 0 Å².